The molecule has 3 nitrogen and oxygen atoms in total. The molecule has 0 aromatic carbocycles. The van der Waals surface area contributed by atoms with Crippen molar-refractivity contribution >= 4 is 21.6 Å². The summed E-state index contributed by atoms with van der Waals surface area (Å²) in [5.74, 6) is 0.873. The van der Waals surface area contributed by atoms with Crippen LogP contribution in [0.1, 0.15) is 0 Å². The molecule has 58 valence electrons. The SMILES string of the molecule is Brc1nccc2c1NCCO2. The molecule has 0 bridgehead atoms. The highest BCUT2D eigenvalue weighted by Crippen LogP contribution is 2.32. The standard InChI is InChI=1S/C7H7BrN2O/c8-7-6-5(1-2-10-7)11-4-3-9-6/h1-2,9H,3-4H2. The second-order valence-electron chi connectivity index (χ2n) is 2.25. The zero-order valence-corrected chi connectivity index (χ0v) is 7.39. The number of nitrogens with one attached hydrogen (secondary N) is 1. The Morgan fingerprint density at radius 2 is 2.55 bits per heavy atom. The number of nitrogens with zero attached hydrogens (tertiary/aromatic N) is 1. The first kappa shape index (κ1) is 6.91. The zero-order chi connectivity index (χ0) is 7.68. The van der Waals surface area contributed by atoms with Crippen LogP contribution in [0.4, 0.5) is 5.69 Å². The number of aromatic nitrogens is 1. The van der Waals surface area contributed by atoms with Crippen molar-refractivity contribution in [1.82, 2.24) is 4.98 Å². The van der Waals surface area contributed by atoms with Crippen molar-refractivity contribution in [3.05, 3.63) is 16.9 Å². The highest BCUT2D eigenvalue weighted by molar-refractivity contribution is 9.10. The van der Waals surface area contributed by atoms with Gasteiger partial charge in [-0.3, -0.25) is 0 Å². The summed E-state index contributed by atoms with van der Waals surface area (Å²) >= 11 is 3.33. The molecule has 1 N–H and O–H groups in total. The van der Waals surface area contributed by atoms with E-state index in [2.05, 4.69) is 26.2 Å². The van der Waals surface area contributed by atoms with Gasteiger partial charge in [0.05, 0.1) is 0 Å². The maximum absolute atomic E-state index is 5.37. The summed E-state index contributed by atoms with van der Waals surface area (Å²) in [6.07, 6.45) is 1.72. The molecule has 0 radical (unpaired) electrons. The molecule has 0 fully saturated rings. The highest BCUT2D eigenvalue weighted by Gasteiger charge is 2.11. The zero-order valence-electron chi connectivity index (χ0n) is 5.80. The van der Waals surface area contributed by atoms with Gasteiger partial charge in [-0.25, -0.2) is 4.98 Å². The summed E-state index contributed by atoms with van der Waals surface area (Å²) < 4.78 is 6.19. The lowest BCUT2D eigenvalue weighted by Crippen LogP contribution is -2.18. The van der Waals surface area contributed by atoms with E-state index in [1.54, 1.807) is 6.20 Å². The van der Waals surface area contributed by atoms with Gasteiger partial charge in [0.1, 0.15) is 22.6 Å². The number of pyridine rings is 1. The third kappa shape index (κ3) is 1.18. The van der Waals surface area contributed by atoms with Crippen LogP contribution in [0, 0.1) is 0 Å². The van der Waals surface area contributed by atoms with E-state index in [1.807, 2.05) is 6.07 Å². The average Bonchev–Trinajstić information content (AvgIpc) is 2.06. The van der Waals surface area contributed by atoms with E-state index in [0.29, 0.717) is 0 Å². The first-order chi connectivity index (χ1) is 5.38. The summed E-state index contributed by atoms with van der Waals surface area (Å²) in [5.41, 5.74) is 0.957. The van der Waals surface area contributed by atoms with Crippen LogP contribution < -0.4 is 10.1 Å². The van der Waals surface area contributed by atoms with Crippen LogP contribution in [0.3, 0.4) is 0 Å². The minimum atomic E-state index is 0.726. The van der Waals surface area contributed by atoms with E-state index < -0.39 is 0 Å². The summed E-state index contributed by atoms with van der Waals surface area (Å²) in [4.78, 5) is 4.07. The molecule has 0 atom stereocenters. The largest absolute Gasteiger partial charge is 0.489 e. The van der Waals surface area contributed by atoms with Crippen LogP contribution in [0.5, 0.6) is 5.75 Å². The maximum atomic E-state index is 5.37. The van der Waals surface area contributed by atoms with Gasteiger partial charge in [-0.15, -0.1) is 0 Å². The lowest BCUT2D eigenvalue weighted by atomic mass is 10.3. The first-order valence-corrected chi connectivity index (χ1v) is 4.18. The fourth-order valence-corrected chi connectivity index (χ4v) is 1.49. The molecule has 2 heterocycles. The Labute approximate surface area is 72.9 Å². The molecule has 1 aliphatic rings. The molecule has 1 aliphatic heterocycles. The Hall–Kier alpha value is -0.770. The fraction of sp³-hybridized carbons (Fsp3) is 0.286. The van der Waals surface area contributed by atoms with Crippen molar-refractivity contribution in [2.45, 2.75) is 0 Å². The number of rotatable bonds is 0. The maximum Gasteiger partial charge on any atom is 0.146 e. The summed E-state index contributed by atoms with van der Waals surface area (Å²) in [7, 11) is 0. The van der Waals surface area contributed by atoms with Gasteiger partial charge in [0.15, 0.2) is 0 Å². The number of ether oxygens (including phenoxy) is 1. The Balaban J connectivity index is 2.49. The van der Waals surface area contributed by atoms with Crippen molar-refractivity contribution < 1.29 is 4.74 Å². The smallest absolute Gasteiger partial charge is 0.146 e. The Morgan fingerprint density at radius 1 is 1.64 bits per heavy atom. The predicted molar refractivity (Wildman–Crippen MR) is 45.9 cm³/mol. The topological polar surface area (TPSA) is 34.2 Å². The number of hydrogen-bond donors (Lipinski definition) is 1. The van der Waals surface area contributed by atoms with Gasteiger partial charge in [0.2, 0.25) is 0 Å². The van der Waals surface area contributed by atoms with Gasteiger partial charge in [0.25, 0.3) is 0 Å². The molecule has 0 saturated heterocycles. The molecule has 0 unspecified atom stereocenters. The molecule has 0 amide bonds. The molecule has 1 aromatic heterocycles. The molecule has 0 saturated carbocycles. The fourth-order valence-electron chi connectivity index (χ4n) is 1.04. The molecule has 2 rings (SSSR count). The third-order valence-electron chi connectivity index (χ3n) is 1.53. The monoisotopic (exact) mass is 214 g/mol. The second kappa shape index (κ2) is 2.70. The number of hydrogen-bond acceptors (Lipinski definition) is 3. The van der Waals surface area contributed by atoms with Crippen LogP contribution in [0.2, 0.25) is 0 Å². The van der Waals surface area contributed by atoms with Crippen molar-refractivity contribution in [2.75, 3.05) is 18.5 Å². The van der Waals surface area contributed by atoms with Crippen molar-refractivity contribution in [3.63, 3.8) is 0 Å². The van der Waals surface area contributed by atoms with Crippen LogP contribution in [-0.4, -0.2) is 18.1 Å². The van der Waals surface area contributed by atoms with E-state index in [9.17, 15) is 0 Å². The van der Waals surface area contributed by atoms with Crippen molar-refractivity contribution in [2.24, 2.45) is 0 Å². The van der Waals surface area contributed by atoms with Gasteiger partial charge >= 0.3 is 0 Å². The van der Waals surface area contributed by atoms with E-state index in [1.165, 1.54) is 0 Å². The quantitative estimate of drug-likeness (QED) is 0.668. The normalized spacial score (nSPS) is 14.6. The van der Waals surface area contributed by atoms with Crippen LogP contribution in [0.15, 0.2) is 16.9 Å². The lowest BCUT2D eigenvalue weighted by molar-refractivity contribution is 0.322. The summed E-state index contributed by atoms with van der Waals surface area (Å²) in [6.45, 7) is 1.57. The second-order valence-corrected chi connectivity index (χ2v) is 3.00. The first-order valence-electron chi connectivity index (χ1n) is 3.39. The minimum absolute atomic E-state index is 0.726. The molecule has 4 heteroatoms. The van der Waals surface area contributed by atoms with Crippen LogP contribution >= 0.6 is 15.9 Å². The molecular weight excluding hydrogens is 208 g/mol. The van der Waals surface area contributed by atoms with Crippen LogP contribution in [0.25, 0.3) is 0 Å². The summed E-state index contributed by atoms with van der Waals surface area (Å²) in [5, 5.41) is 3.20. The summed E-state index contributed by atoms with van der Waals surface area (Å²) in [6, 6.07) is 1.85. The Bertz CT molecular complexity index is 277. The molecule has 1 aromatic rings. The average molecular weight is 215 g/mol. The van der Waals surface area contributed by atoms with E-state index in [4.69, 9.17) is 4.74 Å². The van der Waals surface area contributed by atoms with Crippen molar-refractivity contribution in [1.29, 1.82) is 0 Å². The lowest BCUT2D eigenvalue weighted by Gasteiger charge is -2.18. The number of anilines is 1. The minimum Gasteiger partial charge on any atom is -0.489 e. The molecular formula is C7H7BrN2O. The number of halogens is 1. The van der Waals surface area contributed by atoms with Crippen LogP contribution in [-0.2, 0) is 0 Å². The molecule has 11 heavy (non-hydrogen) atoms. The van der Waals surface area contributed by atoms with Gasteiger partial charge in [-0.05, 0) is 15.9 Å². The molecule has 0 aliphatic carbocycles. The van der Waals surface area contributed by atoms with Gasteiger partial charge in [-0.1, -0.05) is 0 Å². The third-order valence-corrected chi connectivity index (χ3v) is 2.13. The van der Waals surface area contributed by atoms with E-state index in [-0.39, 0.29) is 0 Å². The van der Waals surface area contributed by atoms with Gasteiger partial charge in [-0.2, -0.15) is 0 Å². The molecule has 0 spiro atoms. The number of fused-ring (bicyclic) bond motifs is 1. The Kier molecular flexibility index (Phi) is 1.69. The van der Waals surface area contributed by atoms with Gasteiger partial charge in [0, 0.05) is 18.8 Å². The van der Waals surface area contributed by atoms with E-state index in [0.717, 1.165) is 29.2 Å². The predicted octanol–water partition coefficient (Wildman–Crippen LogP) is 1.65. The van der Waals surface area contributed by atoms with E-state index >= 15 is 0 Å². The van der Waals surface area contributed by atoms with Gasteiger partial charge < -0.3 is 10.1 Å². The highest BCUT2D eigenvalue weighted by atomic mass is 79.9. The van der Waals surface area contributed by atoms with Crippen molar-refractivity contribution in [3.8, 4) is 5.75 Å². The Morgan fingerprint density at radius 3 is 3.36 bits per heavy atom.